The van der Waals surface area contributed by atoms with Crippen molar-refractivity contribution in [2.45, 2.75) is 0 Å². The first-order chi connectivity index (χ1) is 4.24. The molecule has 0 fully saturated rings. The molecule has 0 heterocycles. The summed E-state index contributed by atoms with van der Waals surface area (Å²) in [6.07, 6.45) is 0. The van der Waals surface area contributed by atoms with Crippen molar-refractivity contribution in [2.75, 3.05) is 0 Å². The number of carbonyl (C=O) groups excluding carboxylic acids is 3. The zero-order valence-corrected chi connectivity index (χ0v) is 6.41. The maximum absolute atomic E-state index is 8.25. The average Bonchev–Trinajstić information content (AvgIpc) is 1.70. The summed E-state index contributed by atoms with van der Waals surface area (Å²) < 4.78 is 0. The standard InChI is InChI=1S/3CH2O2.Al.H2O/c3*2-1-3;;/h3*1H,(H,2,3);;1H2/q;;;+3;/p-3. The van der Waals surface area contributed by atoms with Crippen LogP contribution in [0.25, 0.3) is 0 Å². The summed E-state index contributed by atoms with van der Waals surface area (Å²) in [5.41, 5.74) is 0. The number of rotatable bonds is 0. The van der Waals surface area contributed by atoms with Gasteiger partial charge in [0, 0.05) is 19.4 Å². The van der Waals surface area contributed by atoms with Gasteiger partial charge in [-0.25, -0.2) is 0 Å². The van der Waals surface area contributed by atoms with Crippen molar-refractivity contribution in [3.8, 4) is 0 Å². The molecular weight excluding hydrogens is 175 g/mol. The van der Waals surface area contributed by atoms with Gasteiger partial charge in [0.15, 0.2) is 0 Å². The van der Waals surface area contributed by atoms with Crippen LogP contribution in [0.1, 0.15) is 0 Å². The zero-order valence-electron chi connectivity index (χ0n) is 5.26. The molecule has 0 unspecified atom stereocenters. The molecule has 0 spiro atoms. The Kier molecular flexibility index (Phi) is 456. The molecule has 8 heteroatoms. The summed E-state index contributed by atoms with van der Waals surface area (Å²) in [5, 5.41) is 24.8. The molecule has 0 saturated heterocycles. The minimum atomic E-state index is -0.500. The van der Waals surface area contributed by atoms with E-state index in [1.54, 1.807) is 0 Å². The molecule has 11 heavy (non-hydrogen) atoms. The van der Waals surface area contributed by atoms with Crippen LogP contribution in [0.3, 0.4) is 0 Å². The van der Waals surface area contributed by atoms with Gasteiger partial charge in [0.25, 0.3) is 0 Å². The quantitative estimate of drug-likeness (QED) is 0.267. The summed E-state index contributed by atoms with van der Waals surface area (Å²) in [6.45, 7) is -1.50. The Hall–Kier alpha value is -1.10. The molecule has 0 aliphatic carbocycles. The van der Waals surface area contributed by atoms with Gasteiger partial charge >= 0.3 is 17.4 Å². The van der Waals surface area contributed by atoms with Crippen molar-refractivity contribution in [3.05, 3.63) is 0 Å². The Morgan fingerprint density at radius 1 is 0.727 bits per heavy atom. The molecule has 0 amide bonds. The molecule has 0 aromatic rings. The maximum atomic E-state index is 8.25. The van der Waals surface area contributed by atoms with Gasteiger partial charge in [-0.15, -0.1) is 0 Å². The van der Waals surface area contributed by atoms with E-state index in [-0.39, 0.29) is 22.8 Å². The third-order valence-corrected chi connectivity index (χ3v) is 0. The van der Waals surface area contributed by atoms with Crippen LogP contribution in [0.15, 0.2) is 0 Å². The van der Waals surface area contributed by atoms with Gasteiger partial charge in [0.2, 0.25) is 0 Å². The molecule has 0 rings (SSSR count). The second-order valence-electron chi connectivity index (χ2n) is 0.289. The molecule has 0 atom stereocenters. The average molecular weight is 180 g/mol. The molecule has 0 saturated carbocycles. The van der Waals surface area contributed by atoms with Gasteiger partial charge in [-0.05, 0) is 0 Å². The molecule has 0 radical (unpaired) electrons. The monoisotopic (exact) mass is 180 g/mol. The first-order valence-corrected chi connectivity index (χ1v) is 1.41. The van der Waals surface area contributed by atoms with Crippen molar-refractivity contribution in [2.24, 2.45) is 0 Å². The molecule has 2 N–H and O–H groups in total. The van der Waals surface area contributed by atoms with Crippen LogP contribution in [-0.2, 0) is 14.4 Å². The third-order valence-electron chi connectivity index (χ3n) is 0. The number of carbonyl (C=O) groups is 3. The maximum Gasteiger partial charge on any atom is 3.00 e. The van der Waals surface area contributed by atoms with E-state index in [0.717, 1.165) is 0 Å². The fourth-order valence-electron chi connectivity index (χ4n) is 0. The fraction of sp³-hybridized carbons (Fsp3) is 0. The SMILES string of the molecule is O.O=C[O-].O=C[O-].O=C[O-].[Al+3]. The molecule has 7 nitrogen and oxygen atoms in total. The summed E-state index contributed by atoms with van der Waals surface area (Å²) in [7, 11) is 0. The van der Waals surface area contributed by atoms with E-state index in [1.807, 2.05) is 0 Å². The van der Waals surface area contributed by atoms with Crippen molar-refractivity contribution >= 4 is 36.8 Å². The number of hydrogen-bond donors (Lipinski definition) is 0. The van der Waals surface area contributed by atoms with E-state index in [0.29, 0.717) is 0 Å². The Balaban J connectivity index is -0.0000000150. The van der Waals surface area contributed by atoms with E-state index in [1.165, 1.54) is 0 Å². The summed E-state index contributed by atoms with van der Waals surface area (Å²) >= 11 is 0. The Morgan fingerprint density at radius 2 is 0.727 bits per heavy atom. The van der Waals surface area contributed by atoms with Crippen molar-refractivity contribution < 1.29 is 35.2 Å². The van der Waals surface area contributed by atoms with E-state index < -0.39 is 19.4 Å². The van der Waals surface area contributed by atoms with E-state index in [2.05, 4.69) is 0 Å². The topological polar surface area (TPSA) is 152 Å². The van der Waals surface area contributed by atoms with Gasteiger partial charge in [-0.3, -0.25) is 0 Å². The van der Waals surface area contributed by atoms with Crippen LogP contribution in [0.4, 0.5) is 0 Å². The van der Waals surface area contributed by atoms with E-state index in [9.17, 15) is 0 Å². The van der Waals surface area contributed by atoms with Gasteiger partial charge in [-0.2, -0.15) is 0 Å². The van der Waals surface area contributed by atoms with Gasteiger partial charge in [0.1, 0.15) is 0 Å². The van der Waals surface area contributed by atoms with Gasteiger partial charge < -0.3 is 35.2 Å². The first-order valence-electron chi connectivity index (χ1n) is 1.41. The normalized spacial score (nSPS) is 3.27. The van der Waals surface area contributed by atoms with Crippen LogP contribution < -0.4 is 15.3 Å². The number of hydrogen-bond acceptors (Lipinski definition) is 6. The van der Waals surface area contributed by atoms with Gasteiger partial charge in [-0.1, -0.05) is 0 Å². The summed E-state index contributed by atoms with van der Waals surface area (Å²) in [5.74, 6) is 0. The fourth-order valence-corrected chi connectivity index (χ4v) is 0. The smallest absolute Gasteiger partial charge is 0.554 e. The summed E-state index contributed by atoms with van der Waals surface area (Å²) in [4.78, 5) is 24.8. The Labute approximate surface area is 72.7 Å². The Bertz CT molecular complexity index is 50.4. The van der Waals surface area contributed by atoms with Crippen LogP contribution in [0, 0.1) is 0 Å². The van der Waals surface area contributed by atoms with Crippen LogP contribution in [0.2, 0.25) is 0 Å². The Morgan fingerprint density at radius 3 is 0.727 bits per heavy atom. The predicted molar refractivity (Wildman–Crippen MR) is 27.6 cm³/mol. The molecule has 62 valence electrons. The van der Waals surface area contributed by atoms with E-state index in [4.69, 9.17) is 29.7 Å². The van der Waals surface area contributed by atoms with Crippen molar-refractivity contribution in [3.63, 3.8) is 0 Å². The van der Waals surface area contributed by atoms with Gasteiger partial charge in [0.05, 0.1) is 0 Å². The van der Waals surface area contributed by atoms with E-state index >= 15 is 0 Å². The minimum Gasteiger partial charge on any atom is -0.554 e. The molecule has 0 bridgehead atoms. The van der Waals surface area contributed by atoms with Crippen molar-refractivity contribution in [1.82, 2.24) is 0 Å². The zero-order chi connectivity index (χ0) is 8.12. The van der Waals surface area contributed by atoms with Crippen LogP contribution in [-0.4, -0.2) is 42.3 Å². The van der Waals surface area contributed by atoms with Crippen molar-refractivity contribution in [1.29, 1.82) is 0 Å². The molecule has 0 aliphatic heterocycles. The predicted octanol–water partition coefficient (Wildman–Crippen LogP) is -6.11. The largest absolute Gasteiger partial charge is 3.00 e. The molecule has 0 aromatic carbocycles. The van der Waals surface area contributed by atoms with Crippen LogP contribution in [0.5, 0.6) is 0 Å². The van der Waals surface area contributed by atoms with Crippen LogP contribution >= 0.6 is 0 Å². The second kappa shape index (κ2) is 154. The molecular formula is C3H5AlO7. The summed E-state index contributed by atoms with van der Waals surface area (Å²) in [6, 6.07) is 0. The molecule has 0 aliphatic rings. The molecule has 0 aromatic heterocycles. The first kappa shape index (κ1) is 32.7. The minimum absolute atomic E-state index is 0. The number of carboxylic acid groups (broad SMARTS) is 3. The second-order valence-corrected chi connectivity index (χ2v) is 0.289. The third kappa shape index (κ3) is 352.